The number of aliphatic hydroxyl groups is 1. The highest BCUT2D eigenvalue weighted by Crippen LogP contribution is 2.75. The Hall–Kier alpha value is -1.09. The molecule has 8 atom stereocenters. The van der Waals surface area contributed by atoms with E-state index in [1.54, 1.807) is 11.4 Å². The van der Waals surface area contributed by atoms with Crippen LogP contribution in [0.2, 0.25) is 18.1 Å². The minimum atomic E-state index is -2.69. The van der Waals surface area contributed by atoms with E-state index < -0.39 is 44.1 Å². The van der Waals surface area contributed by atoms with E-state index in [0.717, 1.165) is 19.3 Å². The first-order chi connectivity index (χ1) is 18.9. The number of aromatic amines is 1. The van der Waals surface area contributed by atoms with E-state index in [1.807, 2.05) is 0 Å². The van der Waals surface area contributed by atoms with Gasteiger partial charge in [0.25, 0.3) is 5.56 Å². The molecule has 2 saturated heterocycles. The maximum atomic E-state index is 12.4. The smallest absolute Gasteiger partial charge is 0.280 e. The molecule has 3 fully saturated rings. The monoisotopic (exact) mass is 643 g/mol. The van der Waals surface area contributed by atoms with E-state index in [2.05, 4.69) is 69.2 Å². The van der Waals surface area contributed by atoms with Crippen molar-refractivity contribution in [2.24, 2.45) is 5.92 Å². The third-order valence-electron chi connectivity index (χ3n) is 9.11. The second kappa shape index (κ2) is 10.8. The van der Waals surface area contributed by atoms with Crippen molar-refractivity contribution in [3.63, 3.8) is 0 Å². The van der Waals surface area contributed by atoms with E-state index in [4.69, 9.17) is 35.8 Å². The zero-order valence-corrected chi connectivity index (χ0v) is 28.3. The first-order valence-corrected chi connectivity index (χ1v) is 20.9. The van der Waals surface area contributed by atoms with Gasteiger partial charge < -0.3 is 29.1 Å². The van der Waals surface area contributed by atoms with Gasteiger partial charge in [0.2, 0.25) is 11.6 Å². The van der Waals surface area contributed by atoms with Crippen molar-refractivity contribution < 1.29 is 23.3 Å². The average Bonchev–Trinajstić information content (AvgIpc) is 3.48. The highest BCUT2D eigenvalue weighted by molar-refractivity contribution is 8.68. The lowest BCUT2D eigenvalue weighted by Gasteiger charge is -2.40. The lowest BCUT2D eigenvalue weighted by Crippen LogP contribution is -2.49. The van der Waals surface area contributed by atoms with Crippen molar-refractivity contribution in [3.8, 4) is 0 Å². The molecule has 4 N–H and O–H groups in total. The number of fused-ring (bicyclic) bond motifs is 2. The van der Waals surface area contributed by atoms with Gasteiger partial charge in [0.1, 0.15) is 18.3 Å². The molecule has 4 heterocycles. The first kappa shape index (κ1) is 31.3. The zero-order chi connectivity index (χ0) is 30.1. The molecule has 2 aromatic heterocycles. The Morgan fingerprint density at radius 1 is 1.46 bits per heavy atom. The number of rotatable bonds is 7. The molecule has 0 amide bonds. The van der Waals surface area contributed by atoms with Gasteiger partial charge in [-0.2, -0.15) is 4.98 Å². The van der Waals surface area contributed by atoms with Crippen LogP contribution in [0.5, 0.6) is 0 Å². The van der Waals surface area contributed by atoms with E-state index >= 15 is 0 Å². The van der Waals surface area contributed by atoms with Crippen LogP contribution in [0, 0.1) is 5.92 Å². The van der Waals surface area contributed by atoms with Crippen molar-refractivity contribution in [1.29, 1.82) is 0 Å². The molecule has 15 heteroatoms. The Bertz CT molecular complexity index is 1450. The SMILES string of the molecule is C=C(C)[C@H]1CC[C@@]2(C)S[P@](=S)(OC[C@H]3O[C@@H](n4cnc5c(=O)[nH]c(N)nc54)[C@H](O)[C@@H]3O[Si](C)(C)C(C)(C)C)O[C@@H]2C1. The summed E-state index contributed by atoms with van der Waals surface area (Å²) in [5.74, 6) is 0.370. The summed E-state index contributed by atoms with van der Waals surface area (Å²) in [5, 5.41) is 11.5. The number of allylic oxidation sites excluding steroid dienone is 1. The number of nitrogens with one attached hydrogen (secondary N) is 1. The van der Waals surface area contributed by atoms with E-state index in [0.29, 0.717) is 5.92 Å². The number of hydrogen-bond acceptors (Lipinski definition) is 11. The molecule has 0 bridgehead atoms. The number of nitrogen functional groups attached to an aromatic ring is 1. The maximum absolute atomic E-state index is 12.4. The van der Waals surface area contributed by atoms with Crippen LogP contribution >= 0.6 is 17.1 Å². The lowest BCUT2D eigenvalue weighted by molar-refractivity contribution is -0.0475. The second-order valence-electron chi connectivity index (χ2n) is 13.2. The number of nitrogens with two attached hydrogens (primary N) is 1. The second-order valence-corrected chi connectivity index (χ2v) is 24.6. The number of aromatic nitrogens is 4. The molecule has 0 spiro atoms. The lowest BCUT2D eigenvalue weighted by atomic mass is 9.77. The number of ether oxygens (including phenoxy) is 1. The zero-order valence-electron chi connectivity index (χ0n) is 24.7. The molecular formula is C26H42N5O6PS2Si. The third-order valence-corrected chi connectivity index (χ3v) is 19.4. The van der Waals surface area contributed by atoms with Crippen LogP contribution < -0.4 is 11.3 Å². The van der Waals surface area contributed by atoms with Gasteiger partial charge >= 0.3 is 0 Å². The maximum Gasteiger partial charge on any atom is 0.280 e. The highest BCUT2D eigenvalue weighted by atomic mass is 32.9. The standard InChI is InChI=1S/C26H42N5O6PS2Si/c1-14(2)15-9-10-26(6)17(11-15)36-38(39,40-26)34-12-16-20(37-41(7,8)25(3,4)5)19(32)23(35-16)31-13-28-18-21(31)29-24(27)30-22(18)33/h13,15-17,19-20,23,32H,1,9-12H2,2-8H3,(H3,27,29,30,33)/t15-,16+,17+,19+,20+,23+,26+,38+/m0/s1. The fraction of sp³-hybridized carbons (Fsp3) is 0.731. The van der Waals surface area contributed by atoms with Gasteiger partial charge in [-0.1, -0.05) is 44.3 Å². The Morgan fingerprint density at radius 3 is 2.83 bits per heavy atom. The molecule has 1 saturated carbocycles. The minimum absolute atomic E-state index is 0.00262. The van der Waals surface area contributed by atoms with Crippen LogP contribution in [0.1, 0.15) is 60.1 Å². The number of aliphatic hydroxyl groups excluding tert-OH is 1. The van der Waals surface area contributed by atoms with Gasteiger partial charge in [-0.3, -0.25) is 14.3 Å². The summed E-state index contributed by atoms with van der Waals surface area (Å²) in [6.45, 7) is 19.2. The van der Waals surface area contributed by atoms with Crippen molar-refractivity contribution in [3.05, 3.63) is 28.8 Å². The van der Waals surface area contributed by atoms with E-state index in [1.165, 1.54) is 16.5 Å². The summed E-state index contributed by atoms with van der Waals surface area (Å²) in [6.07, 6.45) is 0.993. The van der Waals surface area contributed by atoms with Crippen LogP contribution in [0.4, 0.5) is 5.95 Å². The quantitative estimate of drug-likeness (QED) is 0.216. The first-order valence-electron chi connectivity index (χ1n) is 14.0. The fourth-order valence-corrected chi connectivity index (χ4v) is 13.9. The molecule has 5 rings (SSSR count). The van der Waals surface area contributed by atoms with Crippen molar-refractivity contribution >= 4 is 54.3 Å². The number of anilines is 1. The largest absolute Gasteiger partial charge is 0.408 e. The topological polar surface area (TPSA) is 147 Å². The summed E-state index contributed by atoms with van der Waals surface area (Å²) in [6, 6.07) is 0. The normalized spacial score (nSPS) is 36.1. The molecular weight excluding hydrogens is 602 g/mol. The molecule has 1 aliphatic carbocycles. The Labute approximate surface area is 251 Å². The van der Waals surface area contributed by atoms with Crippen LogP contribution in [0.15, 0.2) is 23.3 Å². The molecule has 0 aromatic carbocycles. The highest BCUT2D eigenvalue weighted by Gasteiger charge is 2.55. The summed E-state index contributed by atoms with van der Waals surface area (Å²) < 4.78 is 27.5. The van der Waals surface area contributed by atoms with Crippen molar-refractivity contribution in [2.75, 3.05) is 12.3 Å². The molecule has 11 nitrogen and oxygen atoms in total. The van der Waals surface area contributed by atoms with Gasteiger partial charge in [-0.05, 0) is 69.0 Å². The van der Waals surface area contributed by atoms with Crippen LogP contribution in [-0.2, 0) is 30.0 Å². The molecule has 2 aliphatic heterocycles. The number of nitrogens with zero attached hydrogens (tertiary/aromatic N) is 3. The average molecular weight is 644 g/mol. The van der Waals surface area contributed by atoms with Gasteiger partial charge in [-0.15, -0.1) is 0 Å². The number of hydrogen-bond donors (Lipinski definition) is 3. The predicted octanol–water partition coefficient (Wildman–Crippen LogP) is 4.86. The van der Waals surface area contributed by atoms with Gasteiger partial charge in [-0.25, -0.2) is 4.98 Å². The number of imidazole rings is 1. The van der Waals surface area contributed by atoms with Crippen molar-refractivity contribution in [2.45, 2.75) is 107 Å². The summed E-state index contributed by atoms with van der Waals surface area (Å²) >= 11 is 7.65. The van der Waals surface area contributed by atoms with E-state index in [9.17, 15) is 9.90 Å². The summed E-state index contributed by atoms with van der Waals surface area (Å²) in [4.78, 5) is 23.3. The van der Waals surface area contributed by atoms with Crippen LogP contribution in [-0.4, -0.2) is 68.7 Å². The third kappa shape index (κ3) is 5.88. The van der Waals surface area contributed by atoms with Gasteiger partial charge in [0.15, 0.2) is 25.7 Å². The Kier molecular flexibility index (Phi) is 8.26. The molecule has 228 valence electrons. The van der Waals surface area contributed by atoms with Crippen molar-refractivity contribution in [1.82, 2.24) is 19.5 Å². The molecule has 41 heavy (non-hydrogen) atoms. The van der Waals surface area contributed by atoms with Crippen LogP contribution in [0.25, 0.3) is 11.2 Å². The van der Waals surface area contributed by atoms with Gasteiger partial charge in [0.05, 0.1) is 19.0 Å². The molecule has 2 aromatic rings. The Morgan fingerprint density at radius 2 is 2.17 bits per heavy atom. The Balaban J connectivity index is 1.40. The molecule has 3 aliphatic rings. The van der Waals surface area contributed by atoms with E-state index in [-0.39, 0.29) is 39.6 Å². The van der Waals surface area contributed by atoms with Crippen LogP contribution in [0.3, 0.4) is 0 Å². The number of H-pyrrole nitrogens is 1. The van der Waals surface area contributed by atoms with Gasteiger partial charge in [0, 0.05) is 4.75 Å². The molecule has 0 unspecified atom stereocenters. The fourth-order valence-electron chi connectivity index (χ4n) is 5.48. The molecule has 0 radical (unpaired) electrons. The summed E-state index contributed by atoms with van der Waals surface area (Å²) in [7, 11) is -2.35. The predicted molar refractivity (Wildman–Crippen MR) is 168 cm³/mol. The minimum Gasteiger partial charge on any atom is -0.408 e. The summed E-state index contributed by atoms with van der Waals surface area (Å²) in [5.41, 5.74) is 4.15.